The molecule has 0 unspecified atom stereocenters. The lowest BCUT2D eigenvalue weighted by Crippen LogP contribution is -2.12. The van der Waals surface area contributed by atoms with E-state index in [1.807, 2.05) is 0 Å². The Balaban J connectivity index is 2.01. The quantitative estimate of drug-likeness (QED) is 0.673. The Hall–Kier alpha value is -2.61. The Morgan fingerprint density at radius 3 is 2.80 bits per heavy atom. The molecule has 3 heterocycles. The Bertz CT molecular complexity index is 855. The summed E-state index contributed by atoms with van der Waals surface area (Å²) in [5, 5.41) is 0.531. The smallest absolute Gasteiger partial charge is 0.264 e. The van der Waals surface area contributed by atoms with Crippen LogP contribution < -0.4 is 10.5 Å². The molecule has 4 N–H and O–H groups in total. The van der Waals surface area contributed by atoms with E-state index in [1.165, 1.54) is 18.5 Å². The molecule has 0 saturated heterocycles. The standard InChI is InChI=1S/C12H11N5O2S/c13-11-4-3-8(6-15-11)17-20(18,19)10-7-16-12-9(10)2-1-5-14-12/h1-7,17H,(H2,13,15)(H,14,16). The van der Waals surface area contributed by atoms with E-state index >= 15 is 0 Å². The second-order valence-corrected chi connectivity index (χ2v) is 5.78. The van der Waals surface area contributed by atoms with Crippen LogP contribution in [0.3, 0.4) is 0 Å². The second-order valence-electron chi connectivity index (χ2n) is 4.13. The number of nitrogen functional groups attached to an aromatic ring is 1. The van der Waals surface area contributed by atoms with Crippen molar-refractivity contribution >= 4 is 32.6 Å². The van der Waals surface area contributed by atoms with E-state index < -0.39 is 10.0 Å². The van der Waals surface area contributed by atoms with Crippen LogP contribution in [-0.4, -0.2) is 23.4 Å². The van der Waals surface area contributed by atoms with Crippen molar-refractivity contribution in [2.75, 3.05) is 10.5 Å². The third kappa shape index (κ3) is 2.16. The number of sulfonamides is 1. The molecule has 0 bridgehead atoms. The van der Waals surface area contributed by atoms with Crippen LogP contribution in [0.2, 0.25) is 0 Å². The van der Waals surface area contributed by atoms with Gasteiger partial charge in [-0.1, -0.05) is 0 Å². The molecule has 102 valence electrons. The number of nitrogens with zero attached hydrogens (tertiary/aromatic N) is 2. The van der Waals surface area contributed by atoms with Crippen LogP contribution in [0.1, 0.15) is 0 Å². The van der Waals surface area contributed by atoms with Crippen LogP contribution >= 0.6 is 0 Å². The summed E-state index contributed by atoms with van der Waals surface area (Å²) < 4.78 is 27.1. The third-order valence-electron chi connectivity index (χ3n) is 2.74. The van der Waals surface area contributed by atoms with Crippen molar-refractivity contribution in [3.05, 3.63) is 42.9 Å². The predicted molar refractivity (Wildman–Crippen MR) is 75.6 cm³/mol. The number of fused-ring (bicyclic) bond motifs is 1. The van der Waals surface area contributed by atoms with Crippen molar-refractivity contribution in [1.29, 1.82) is 0 Å². The minimum atomic E-state index is -3.71. The van der Waals surface area contributed by atoms with Crippen LogP contribution in [0, 0.1) is 0 Å². The summed E-state index contributed by atoms with van der Waals surface area (Å²) in [6, 6.07) is 6.44. The molecule has 20 heavy (non-hydrogen) atoms. The van der Waals surface area contributed by atoms with Gasteiger partial charge in [0.2, 0.25) is 0 Å². The number of aromatic amines is 1. The van der Waals surface area contributed by atoms with Gasteiger partial charge in [0.15, 0.2) is 0 Å². The second kappa shape index (κ2) is 4.49. The van der Waals surface area contributed by atoms with Crippen molar-refractivity contribution in [3.8, 4) is 0 Å². The summed E-state index contributed by atoms with van der Waals surface area (Å²) in [5.41, 5.74) is 6.32. The number of hydrogen-bond donors (Lipinski definition) is 3. The highest BCUT2D eigenvalue weighted by Gasteiger charge is 2.19. The van der Waals surface area contributed by atoms with Gasteiger partial charge in [-0.3, -0.25) is 4.72 Å². The van der Waals surface area contributed by atoms with Crippen molar-refractivity contribution in [2.45, 2.75) is 4.90 Å². The summed E-state index contributed by atoms with van der Waals surface area (Å²) in [5.74, 6) is 0.323. The summed E-state index contributed by atoms with van der Waals surface area (Å²) >= 11 is 0. The van der Waals surface area contributed by atoms with Crippen molar-refractivity contribution < 1.29 is 8.42 Å². The molecule has 0 aromatic carbocycles. The monoisotopic (exact) mass is 289 g/mol. The van der Waals surface area contributed by atoms with Crippen LogP contribution in [0.5, 0.6) is 0 Å². The van der Waals surface area contributed by atoms with Crippen molar-refractivity contribution in [3.63, 3.8) is 0 Å². The van der Waals surface area contributed by atoms with E-state index in [0.717, 1.165) is 0 Å². The first-order chi connectivity index (χ1) is 9.56. The first-order valence-electron chi connectivity index (χ1n) is 5.73. The van der Waals surface area contributed by atoms with Gasteiger partial charge in [0, 0.05) is 17.8 Å². The highest BCUT2D eigenvalue weighted by molar-refractivity contribution is 7.93. The Morgan fingerprint density at radius 2 is 2.05 bits per heavy atom. The van der Waals surface area contributed by atoms with E-state index in [4.69, 9.17) is 5.73 Å². The maximum Gasteiger partial charge on any atom is 0.264 e. The molecule has 0 fully saturated rings. The average Bonchev–Trinajstić information content (AvgIpc) is 2.86. The van der Waals surface area contributed by atoms with Crippen LogP contribution in [-0.2, 0) is 10.0 Å². The fourth-order valence-corrected chi connectivity index (χ4v) is 3.04. The number of aromatic nitrogens is 3. The van der Waals surface area contributed by atoms with Gasteiger partial charge in [0.25, 0.3) is 10.0 Å². The minimum absolute atomic E-state index is 0.137. The van der Waals surface area contributed by atoms with Gasteiger partial charge in [-0.05, 0) is 24.3 Å². The summed E-state index contributed by atoms with van der Waals surface area (Å²) in [4.78, 5) is 10.9. The molecule has 3 aromatic heterocycles. The lowest BCUT2D eigenvalue weighted by atomic mass is 10.3. The van der Waals surface area contributed by atoms with Gasteiger partial charge in [0.1, 0.15) is 16.4 Å². The van der Waals surface area contributed by atoms with Crippen molar-refractivity contribution in [1.82, 2.24) is 15.0 Å². The molecule has 8 heteroatoms. The van der Waals surface area contributed by atoms with Gasteiger partial charge in [0.05, 0.1) is 11.9 Å². The number of nitrogens with one attached hydrogen (secondary N) is 2. The first-order valence-corrected chi connectivity index (χ1v) is 7.21. The van der Waals surface area contributed by atoms with E-state index in [-0.39, 0.29) is 4.90 Å². The lowest BCUT2D eigenvalue weighted by molar-refractivity contribution is 0.602. The lowest BCUT2D eigenvalue weighted by Gasteiger charge is -2.06. The molecule has 3 aromatic rings. The van der Waals surface area contributed by atoms with Gasteiger partial charge < -0.3 is 10.7 Å². The number of anilines is 2. The molecular weight excluding hydrogens is 278 g/mol. The normalized spacial score (nSPS) is 11.6. The van der Waals surface area contributed by atoms with Gasteiger partial charge in [-0.2, -0.15) is 0 Å². The molecule has 0 aliphatic rings. The van der Waals surface area contributed by atoms with E-state index in [2.05, 4.69) is 19.7 Å². The number of nitrogens with two attached hydrogens (primary N) is 1. The molecular formula is C12H11N5O2S. The van der Waals surface area contributed by atoms with Crippen LogP contribution in [0.15, 0.2) is 47.8 Å². The number of H-pyrrole nitrogens is 1. The Labute approximate surface area is 114 Å². The molecule has 3 rings (SSSR count). The van der Waals surface area contributed by atoms with Gasteiger partial charge in [-0.25, -0.2) is 18.4 Å². The molecule has 0 aliphatic heterocycles. The molecule has 0 atom stereocenters. The van der Waals surface area contributed by atoms with Gasteiger partial charge in [-0.15, -0.1) is 0 Å². The molecule has 0 radical (unpaired) electrons. The molecule has 0 saturated carbocycles. The zero-order valence-electron chi connectivity index (χ0n) is 10.2. The van der Waals surface area contributed by atoms with E-state index in [9.17, 15) is 8.42 Å². The zero-order valence-corrected chi connectivity index (χ0v) is 11.1. The number of hydrogen-bond acceptors (Lipinski definition) is 5. The fourth-order valence-electron chi connectivity index (χ4n) is 1.83. The summed E-state index contributed by atoms with van der Waals surface area (Å²) in [6.07, 6.45) is 4.36. The summed E-state index contributed by atoms with van der Waals surface area (Å²) in [6.45, 7) is 0. The first kappa shape index (κ1) is 12.4. The molecule has 7 nitrogen and oxygen atoms in total. The maximum absolute atomic E-state index is 12.3. The fraction of sp³-hybridized carbons (Fsp3) is 0. The van der Waals surface area contributed by atoms with E-state index in [0.29, 0.717) is 22.5 Å². The SMILES string of the molecule is Nc1ccc(NS(=O)(=O)c2c[nH]c3ncccc23)cn1. The molecule has 0 amide bonds. The predicted octanol–water partition coefficient (Wildman–Crippen LogP) is 1.34. The number of rotatable bonds is 3. The molecule has 0 spiro atoms. The number of pyridine rings is 2. The third-order valence-corrected chi connectivity index (χ3v) is 4.16. The Kier molecular flexibility index (Phi) is 2.79. The largest absolute Gasteiger partial charge is 0.384 e. The maximum atomic E-state index is 12.3. The zero-order chi connectivity index (χ0) is 14.2. The van der Waals surface area contributed by atoms with Crippen LogP contribution in [0.25, 0.3) is 11.0 Å². The highest BCUT2D eigenvalue weighted by Crippen LogP contribution is 2.23. The van der Waals surface area contributed by atoms with Gasteiger partial charge >= 0.3 is 0 Å². The minimum Gasteiger partial charge on any atom is -0.384 e. The summed E-state index contributed by atoms with van der Waals surface area (Å²) in [7, 11) is -3.71. The van der Waals surface area contributed by atoms with Crippen molar-refractivity contribution in [2.24, 2.45) is 0 Å². The highest BCUT2D eigenvalue weighted by atomic mass is 32.2. The van der Waals surface area contributed by atoms with Crippen LogP contribution in [0.4, 0.5) is 11.5 Å². The average molecular weight is 289 g/mol. The topological polar surface area (TPSA) is 114 Å². The van der Waals surface area contributed by atoms with E-state index in [1.54, 1.807) is 24.4 Å². The molecule has 0 aliphatic carbocycles. The Morgan fingerprint density at radius 1 is 1.20 bits per heavy atom.